The minimum absolute atomic E-state index is 0.0403. The number of benzene rings is 1. The Morgan fingerprint density at radius 2 is 2.14 bits per heavy atom. The maximum absolute atomic E-state index is 12.5. The topological polar surface area (TPSA) is 55.4 Å². The van der Waals surface area contributed by atoms with Crippen molar-refractivity contribution in [3.63, 3.8) is 0 Å². The van der Waals surface area contributed by atoms with Gasteiger partial charge in [-0.05, 0) is 31.4 Å². The van der Waals surface area contributed by atoms with Crippen LogP contribution in [0.25, 0.3) is 0 Å². The molecule has 1 N–H and O–H groups in total. The largest absolute Gasteiger partial charge is 0.467 e. The molecule has 4 rings (SSSR count). The predicted octanol–water partition coefficient (Wildman–Crippen LogP) is 2.38. The van der Waals surface area contributed by atoms with Crippen molar-refractivity contribution in [2.24, 2.45) is 11.8 Å². The smallest absolute Gasteiger partial charge is 0.234 e. The fraction of sp³-hybridized carbons (Fsp3) is 0.529. The summed E-state index contributed by atoms with van der Waals surface area (Å²) >= 11 is 0. The summed E-state index contributed by atoms with van der Waals surface area (Å²) in [5.41, 5.74) is 0.426. The number of piperidine rings is 1. The molecule has 4 nitrogen and oxygen atoms in total. The van der Waals surface area contributed by atoms with Crippen LogP contribution in [0.3, 0.4) is 0 Å². The normalized spacial score (nSPS) is 36.8. The third kappa shape index (κ3) is 1.68. The molecule has 21 heavy (non-hydrogen) atoms. The van der Waals surface area contributed by atoms with E-state index in [0.717, 1.165) is 37.0 Å². The Kier molecular flexibility index (Phi) is 2.65. The van der Waals surface area contributed by atoms with Crippen LogP contribution in [0.15, 0.2) is 24.3 Å². The molecular formula is C17H19NO3. The van der Waals surface area contributed by atoms with E-state index >= 15 is 0 Å². The number of rotatable bonds is 1. The number of fused-ring (bicyclic) bond motifs is 2. The van der Waals surface area contributed by atoms with E-state index in [2.05, 4.69) is 5.32 Å². The van der Waals surface area contributed by atoms with E-state index in [9.17, 15) is 9.59 Å². The summed E-state index contributed by atoms with van der Waals surface area (Å²) in [4.78, 5) is 24.6. The fourth-order valence-electron chi connectivity index (χ4n) is 4.51. The van der Waals surface area contributed by atoms with E-state index in [4.69, 9.17) is 4.74 Å². The van der Waals surface area contributed by atoms with E-state index < -0.39 is 11.6 Å². The summed E-state index contributed by atoms with van der Waals surface area (Å²) in [5.74, 6) is 0.195. The monoisotopic (exact) mass is 285 g/mol. The number of ketones is 1. The molecule has 2 aliphatic heterocycles. The second-order valence-corrected chi connectivity index (χ2v) is 6.49. The first kappa shape index (κ1) is 12.9. The molecule has 1 saturated carbocycles. The first-order valence-electron chi connectivity index (χ1n) is 7.73. The predicted molar refractivity (Wildman–Crippen MR) is 76.8 cm³/mol. The van der Waals surface area contributed by atoms with E-state index in [-0.39, 0.29) is 23.5 Å². The average molecular weight is 285 g/mol. The van der Waals surface area contributed by atoms with Gasteiger partial charge < -0.3 is 10.1 Å². The SMILES string of the molecule is CC(=O)[C@H]1C(=O)N[C@@]23CCCC[C@@H]2[C@@H]1c1ccccc1O3. The average Bonchev–Trinajstić information content (AvgIpc) is 2.45. The van der Waals surface area contributed by atoms with Crippen molar-refractivity contribution in [3.8, 4) is 5.75 Å². The van der Waals surface area contributed by atoms with Crippen molar-refractivity contribution in [1.82, 2.24) is 5.32 Å². The zero-order valence-corrected chi connectivity index (χ0v) is 12.1. The van der Waals surface area contributed by atoms with Crippen molar-refractivity contribution < 1.29 is 14.3 Å². The highest BCUT2D eigenvalue weighted by Crippen LogP contribution is 2.55. The maximum Gasteiger partial charge on any atom is 0.234 e. The van der Waals surface area contributed by atoms with E-state index in [1.54, 1.807) is 0 Å². The van der Waals surface area contributed by atoms with Gasteiger partial charge in [-0.25, -0.2) is 0 Å². The van der Waals surface area contributed by atoms with Crippen molar-refractivity contribution >= 4 is 11.7 Å². The summed E-state index contributed by atoms with van der Waals surface area (Å²) in [6.07, 6.45) is 4.02. The second kappa shape index (κ2) is 4.33. The van der Waals surface area contributed by atoms with Gasteiger partial charge in [0.25, 0.3) is 0 Å². The first-order valence-corrected chi connectivity index (χ1v) is 7.73. The van der Waals surface area contributed by atoms with Crippen LogP contribution in [-0.4, -0.2) is 17.4 Å². The lowest BCUT2D eigenvalue weighted by molar-refractivity contribution is -0.160. The molecule has 1 aromatic carbocycles. The molecule has 3 aliphatic rings. The highest BCUT2D eigenvalue weighted by Gasteiger charge is 2.59. The third-order valence-corrected chi connectivity index (χ3v) is 5.33. The standard InChI is InChI=1S/C17H19NO3/c1-10(19)14-15-11-6-2-3-8-13(11)21-17(18-16(14)20)9-5-4-7-12(15)17/h2-3,6,8,12,14-15H,4-5,7,9H2,1H3,(H,18,20)/t12-,14-,15+,17-/m1/s1. The minimum atomic E-state index is -0.597. The molecule has 110 valence electrons. The van der Waals surface area contributed by atoms with Gasteiger partial charge in [-0.15, -0.1) is 0 Å². The Bertz CT molecular complexity index is 626. The highest BCUT2D eigenvalue weighted by atomic mass is 16.5. The number of carbonyl (C=O) groups excluding carboxylic acids is 2. The van der Waals surface area contributed by atoms with E-state index in [1.807, 2.05) is 24.3 Å². The first-order chi connectivity index (χ1) is 10.1. The number of Topliss-reactive ketones (excluding diaryl/α,β-unsaturated/α-hetero) is 1. The quantitative estimate of drug-likeness (QED) is 0.806. The van der Waals surface area contributed by atoms with Gasteiger partial charge in [0.15, 0.2) is 5.72 Å². The molecule has 0 unspecified atom stereocenters. The van der Waals surface area contributed by atoms with Crippen LogP contribution in [0, 0.1) is 11.8 Å². The van der Waals surface area contributed by atoms with Crippen LogP contribution >= 0.6 is 0 Å². The number of para-hydroxylation sites is 1. The number of nitrogens with one attached hydrogen (secondary N) is 1. The Morgan fingerprint density at radius 1 is 1.33 bits per heavy atom. The third-order valence-electron chi connectivity index (χ3n) is 5.33. The van der Waals surface area contributed by atoms with Crippen LogP contribution in [0.2, 0.25) is 0 Å². The molecule has 0 spiro atoms. The van der Waals surface area contributed by atoms with Crippen molar-refractivity contribution in [2.45, 2.75) is 44.2 Å². The van der Waals surface area contributed by atoms with Crippen LogP contribution in [0.4, 0.5) is 0 Å². The highest BCUT2D eigenvalue weighted by molar-refractivity contribution is 6.02. The number of hydrogen-bond acceptors (Lipinski definition) is 3. The molecule has 2 heterocycles. The summed E-state index contributed by atoms with van der Waals surface area (Å²) in [6.45, 7) is 1.53. The number of carbonyl (C=O) groups is 2. The van der Waals surface area contributed by atoms with Gasteiger partial charge in [-0.2, -0.15) is 0 Å². The number of amides is 1. The van der Waals surface area contributed by atoms with Crippen LogP contribution in [-0.2, 0) is 9.59 Å². The van der Waals surface area contributed by atoms with Crippen molar-refractivity contribution in [2.75, 3.05) is 0 Å². The Labute approximate surface area is 123 Å². The van der Waals surface area contributed by atoms with Crippen LogP contribution in [0.1, 0.15) is 44.1 Å². The van der Waals surface area contributed by atoms with E-state index in [1.165, 1.54) is 6.92 Å². The molecule has 4 atom stereocenters. The van der Waals surface area contributed by atoms with Gasteiger partial charge >= 0.3 is 0 Å². The molecule has 1 aliphatic carbocycles. The Balaban J connectivity index is 1.92. The van der Waals surface area contributed by atoms with Gasteiger partial charge in [0, 0.05) is 18.3 Å². The summed E-state index contributed by atoms with van der Waals surface area (Å²) in [7, 11) is 0. The number of hydrogen-bond donors (Lipinski definition) is 1. The van der Waals surface area contributed by atoms with Crippen molar-refractivity contribution in [3.05, 3.63) is 29.8 Å². The van der Waals surface area contributed by atoms with Gasteiger partial charge in [0.1, 0.15) is 17.5 Å². The lowest BCUT2D eigenvalue weighted by Gasteiger charge is -2.56. The lowest BCUT2D eigenvalue weighted by atomic mass is 9.61. The molecule has 4 heteroatoms. The molecule has 0 radical (unpaired) electrons. The molecular weight excluding hydrogens is 266 g/mol. The molecule has 1 aromatic rings. The van der Waals surface area contributed by atoms with Gasteiger partial charge in [0.05, 0.1) is 0 Å². The van der Waals surface area contributed by atoms with Crippen LogP contribution < -0.4 is 10.1 Å². The number of ether oxygens (including phenoxy) is 1. The summed E-state index contributed by atoms with van der Waals surface area (Å²) < 4.78 is 6.25. The van der Waals surface area contributed by atoms with Gasteiger partial charge in [0.2, 0.25) is 5.91 Å². The molecule has 1 amide bonds. The Hall–Kier alpha value is -1.84. The van der Waals surface area contributed by atoms with Gasteiger partial charge in [-0.1, -0.05) is 24.6 Å². The fourth-order valence-corrected chi connectivity index (χ4v) is 4.51. The van der Waals surface area contributed by atoms with Crippen molar-refractivity contribution in [1.29, 1.82) is 0 Å². The summed E-state index contributed by atoms with van der Waals surface area (Å²) in [5, 5.41) is 3.05. The molecule has 2 fully saturated rings. The maximum atomic E-state index is 12.5. The van der Waals surface area contributed by atoms with Crippen LogP contribution in [0.5, 0.6) is 5.75 Å². The minimum Gasteiger partial charge on any atom is -0.467 e. The Morgan fingerprint density at radius 3 is 2.95 bits per heavy atom. The molecule has 0 aromatic heterocycles. The lowest BCUT2D eigenvalue weighted by Crippen LogP contribution is -2.69. The molecule has 1 saturated heterocycles. The second-order valence-electron chi connectivity index (χ2n) is 6.49. The summed E-state index contributed by atoms with van der Waals surface area (Å²) in [6, 6.07) is 7.86. The zero-order valence-electron chi connectivity index (χ0n) is 12.1. The van der Waals surface area contributed by atoms with Gasteiger partial charge in [-0.3, -0.25) is 9.59 Å². The van der Waals surface area contributed by atoms with E-state index in [0.29, 0.717) is 0 Å². The zero-order chi connectivity index (χ0) is 14.6. The molecule has 2 bridgehead atoms.